The second-order valence-electron chi connectivity index (χ2n) is 6.90. The molecular formula is C21H19N3O2S. The van der Waals surface area contributed by atoms with Crippen LogP contribution in [0, 0.1) is 0 Å². The molecule has 0 aliphatic carbocycles. The van der Waals surface area contributed by atoms with Crippen molar-refractivity contribution >= 4 is 33.5 Å². The zero-order valence-electron chi connectivity index (χ0n) is 14.9. The molecule has 0 spiro atoms. The van der Waals surface area contributed by atoms with E-state index in [-0.39, 0.29) is 5.63 Å². The molecule has 0 radical (unpaired) electrons. The SMILES string of the molecule is O=c1cc(CSc2nnc3n2CCCCC3)c2c(ccc3ccccc32)o1. The Balaban J connectivity index is 1.56. The van der Waals surface area contributed by atoms with E-state index in [9.17, 15) is 4.79 Å². The highest BCUT2D eigenvalue weighted by atomic mass is 32.2. The summed E-state index contributed by atoms with van der Waals surface area (Å²) in [5.74, 6) is 1.74. The molecule has 5 rings (SSSR count). The summed E-state index contributed by atoms with van der Waals surface area (Å²) in [6, 6.07) is 13.7. The number of fused-ring (bicyclic) bond motifs is 4. The van der Waals surface area contributed by atoms with Crippen molar-refractivity contribution in [3.05, 3.63) is 64.3 Å². The van der Waals surface area contributed by atoms with Crippen LogP contribution < -0.4 is 5.63 Å². The average Bonchev–Trinajstić information content (AvgIpc) is 2.91. The van der Waals surface area contributed by atoms with Gasteiger partial charge in [0.1, 0.15) is 11.4 Å². The standard InChI is InChI=1S/C21H19N3O2S/c25-19-12-15(13-27-21-23-22-18-8-2-1-5-11-24(18)21)20-16-7-4-3-6-14(16)9-10-17(20)26-19/h3-4,6-7,9-10,12H,1-2,5,8,11,13H2. The van der Waals surface area contributed by atoms with Crippen LogP contribution in [0.4, 0.5) is 0 Å². The Morgan fingerprint density at radius 3 is 2.96 bits per heavy atom. The molecule has 0 amide bonds. The average molecular weight is 377 g/mol. The third kappa shape index (κ3) is 3.04. The molecule has 0 atom stereocenters. The molecule has 4 aromatic rings. The molecule has 27 heavy (non-hydrogen) atoms. The first-order valence-electron chi connectivity index (χ1n) is 9.29. The van der Waals surface area contributed by atoms with Crippen LogP contribution >= 0.6 is 11.8 Å². The largest absolute Gasteiger partial charge is 0.423 e. The van der Waals surface area contributed by atoms with Gasteiger partial charge in [-0.2, -0.15) is 0 Å². The van der Waals surface area contributed by atoms with E-state index in [0.717, 1.165) is 45.7 Å². The monoisotopic (exact) mass is 377 g/mol. The number of nitrogens with zero attached hydrogens (tertiary/aromatic N) is 3. The van der Waals surface area contributed by atoms with Crippen LogP contribution in [0.1, 0.15) is 30.7 Å². The van der Waals surface area contributed by atoms with Crippen molar-refractivity contribution in [3.63, 3.8) is 0 Å². The molecule has 0 N–H and O–H groups in total. The summed E-state index contributed by atoms with van der Waals surface area (Å²) < 4.78 is 7.70. The number of aromatic nitrogens is 3. The highest BCUT2D eigenvalue weighted by Crippen LogP contribution is 2.31. The van der Waals surface area contributed by atoms with E-state index in [1.807, 2.05) is 24.3 Å². The number of benzene rings is 2. The Morgan fingerprint density at radius 2 is 2.00 bits per heavy atom. The van der Waals surface area contributed by atoms with Crippen LogP contribution in [-0.2, 0) is 18.7 Å². The van der Waals surface area contributed by atoms with E-state index in [0.29, 0.717) is 11.3 Å². The minimum Gasteiger partial charge on any atom is -0.423 e. The van der Waals surface area contributed by atoms with Gasteiger partial charge in [0, 0.05) is 30.2 Å². The van der Waals surface area contributed by atoms with Crippen LogP contribution in [0.5, 0.6) is 0 Å². The third-order valence-corrected chi connectivity index (χ3v) is 6.16. The Kier molecular flexibility index (Phi) is 4.20. The predicted octanol–water partition coefficient (Wildman–Crippen LogP) is 4.56. The van der Waals surface area contributed by atoms with Crippen molar-refractivity contribution in [3.8, 4) is 0 Å². The molecule has 6 heteroatoms. The van der Waals surface area contributed by atoms with Gasteiger partial charge in [0.25, 0.3) is 0 Å². The highest BCUT2D eigenvalue weighted by molar-refractivity contribution is 7.98. The minimum absolute atomic E-state index is 0.312. The first kappa shape index (κ1) is 16.6. The fourth-order valence-electron chi connectivity index (χ4n) is 3.84. The second kappa shape index (κ2) is 6.85. The van der Waals surface area contributed by atoms with Gasteiger partial charge >= 0.3 is 5.63 Å². The van der Waals surface area contributed by atoms with Crippen LogP contribution in [0.2, 0.25) is 0 Å². The van der Waals surface area contributed by atoms with Crippen molar-refractivity contribution in [2.75, 3.05) is 0 Å². The summed E-state index contributed by atoms with van der Waals surface area (Å²) in [5, 5.41) is 13.0. The van der Waals surface area contributed by atoms with Crippen molar-refractivity contribution in [1.82, 2.24) is 14.8 Å². The Morgan fingerprint density at radius 1 is 1.07 bits per heavy atom. The Labute approximate surface area is 160 Å². The van der Waals surface area contributed by atoms with Crippen LogP contribution in [0.25, 0.3) is 21.7 Å². The number of thioether (sulfide) groups is 1. The van der Waals surface area contributed by atoms with E-state index in [1.165, 1.54) is 19.3 Å². The smallest absolute Gasteiger partial charge is 0.336 e. The zero-order chi connectivity index (χ0) is 18.2. The topological polar surface area (TPSA) is 60.9 Å². The lowest BCUT2D eigenvalue weighted by atomic mass is 10.0. The number of hydrogen-bond acceptors (Lipinski definition) is 5. The number of rotatable bonds is 3. The molecule has 136 valence electrons. The molecule has 0 bridgehead atoms. The van der Waals surface area contributed by atoms with Gasteiger partial charge in [0.05, 0.1) is 0 Å². The predicted molar refractivity (Wildman–Crippen MR) is 107 cm³/mol. The van der Waals surface area contributed by atoms with Gasteiger partial charge in [0.15, 0.2) is 5.16 Å². The molecule has 0 saturated carbocycles. The normalized spacial score (nSPS) is 14.4. The van der Waals surface area contributed by atoms with Crippen molar-refractivity contribution in [1.29, 1.82) is 0 Å². The van der Waals surface area contributed by atoms with Gasteiger partial charge in [0.2, 0.25) is 0 Å². The van der Waals surface area contributed by atoms with Crippen molar-refractivity contribution in [2.24, 2.45) is 0 Å². The Bertz CT molecular complexity index is 1200. The number of aryl methyl sites for hydroxylation is 1. The molecule has 1 aliphatic rings. The maximum absolute atomic E-state index is 12.1. The lowest BCUT2D eigenvalue weighted by Crippen LogP contribution is -2.03. The summed E-state index contributed by atoms with van der Waals surface area (Å²) >= 11 is 1.64. The first-order valence-corrected chi connectivity index (χ1v) is 10.3. The minimum atomic E-state index is -0.312. The molecule has 3 heterocycles. The van der Waals surface area contributed by atoms with Gasteiger partial charge in [-0.05, 0) is 35.2 Å². The summed E-state index contributed by atoms with van der Waals surface area (Å²) in [6.07, 6.45) is 4.58. The molecule has 2 aromatic heterocycles. The molecular weight excluding hydrogens is 358 g/mol. The van der Waals surface area contributed by atoms with Gasteiger partial charge in [-0.25, -0.2) is 4.79 Å². The van der Waals surface area contributed by atoms with E-state index in [1.54, 1.807) is 17.8 Å². The van der Waals surface area contributed by atoms with Crippen LogP contribution in [0.3, 0.4) is 0 Å². The molecule has 0 unspecified atom stereocenters. The highest BCUT2D eigenvalue weighted by Gasteiger charge is 2.16. The molecule has 5 nitrogen and oxygen atoms in total. The quantitative estimate of drug-likeness (QED) is 0.298. The summed E-state index contributed by atoms with van der Waals surface area (Å²) in [5.41, 5.74) is 1.30. The maximum Gasteiger partial charge on any atom is 0.336 e. The van der Waals surface area contributed by atoms with Crippen LogP contribution in [-0.4, -0.2) is 14.8 Å². The molecule has 1 aliphatic heterocycles. The lowest BCUT2D eigenvalue weighted by Gasteiger charge is -2.09. The summed E-state index contributed by atoms with van der Waals surface area (Å²) in [6.45, 7) is 0.977. The molecule has 2 aromatic carbocycles. The second-order valence-corrected chi connectivity index (χ2v) is 7.84. The van der Waals surface area contributed by atoms with Crippen molar-refractivity contribution in [2.45, 2.75) is 43.1 Å². The van der Waals surface area contributed by atoms with E-state index in [2.05, 4.69) is 26.9 Å². The van der Waals surface area contributed by atoms with Gasteiger partial charge in [-0.3, -0.25) is 0 Å². The fraction of sp³-hybridized carbons (Fsp3) is 0.286. The fourth-order valence-corrected chi connectivity index (χ4v) is 4.80. The third-order valence-electron chi connectivity index (χ3n) is 5.15. The maximum atomic E-state index is 12.1. The molecule has 0 fully saturated rings. The lowest BCUT2D eigenvalue weighted by molar-refractivity contribution is 0.560. The van der Waals surface area contributed by atoms with E-state index >= 15 is 0 Å². The van der Waals surface area contributed by atoms with Gasteiger partial charge in [-0.15, -0.1) is 10.2 Å². The summed E-state index contributed by atoms with van der Waals surface area (Å²) in [4.78, 5) is 12.1. The first-order chi connectivity index (χ1) is 13.3. The van der Waals surface area contributed by atoms with E-state index < -0.39 is 0 Å². The number of hydrogen-bond donors (Lipinski definition) is 0. The van der Waals surface area contributed by atoms with Crippen molar-refractivity contribution < 1.29 is 4.42 Å². The molecule has 0 saturated heterocycles. The zero-order valence-corrected chi connectivity index (χ0v) is 15.7. The summed E-state index contributed by atoms with van der Waals surface area (Å²) in [7, 11) is 0. The van der Waals surface area contributed by atoms with Crippen LogP contribution in [0.15, 0.2) is 56.8 Å². The van der Waals surface area contributed by atoms with Gasteiger partial charge < -0.3 is 8.98 Å². The van der Waals surface area contributed by atoms with E-state index in [4.69, 9.17) is 4.42 Å². The van der Waals surface area contributed by atoms with Gasteiger partial charge in [-0.1, -0.05) is 48.5 Å². The Hall–Kier alpha value is -2.60.